The summed E-state index contributed by atoms with van der Waals surface area (Å²) in [4.78, 5) is 16.6. The molecule has 9 nitrogen and oxygen atoms in total. The van der Waals surface area contributed by atoms with Gasteiger partial charge in [0.15, 0.2) is 5.58 Å². The van der Waals surface area contributed by atoms with Crippen molar-refractivity contribution in [3.63, 3.8) is 0 Å². The Morgan fingerprint density at radius 2 is 2.09 bits per heavy atom. The molecule has 0 spiro atoms. The Balaban J connectivity index is 1.34. The fourth-order valence-corrected chi connectivity index (χ4v) is 6.49. The van der Waals surface area contributed by atoms with Crippen molar-refractivity contribution >= 4 is 43.4 Å². The summed E-state index contributed by atoms with van der Waals surface area (Å²) < 4.78 is 38.5. The third-order valence-corrected chi connectivity index (χ3v) is 8.42. The van der Waals surface area contributed by atoms with Crippen LogP contribution in [0.2, 0.25) is 0 Å². The predicted molar refractivity (Wildman–Crippen MR) is 129 cm³/mol. The van der Waals surface area contributed by atoms with Crippen LogP contribution in [0, 0.1) is 0 Å². The average molecular weight is 496 g/mol. The van der Waals surface area contributed by atoms with Crippen molar-refractivity contribution in [2.45, 2.75) is 42.8 Å². The first-order chi connectivity index (χ1) is 16.5. The Morgan fingerprint density at radius 1 is 1.21 bits per heavy atom. The number of nitrogens with zero attached hydrogens (tertiary/aromatic N) is 3. The summed E-state index contributed by atoms with van der Waals surface area (Å²) in [6, 6.07) is 13.4. The van der Waals surface area contributed by atoms with Gasteiger partial charge in [0.2, 0.25) is 5.13 Å². The molecule has 2 atom stereocenters. The number of nitrogens with one attached hydrogen (secondary N) is 2. The molecule has 4 heterocycles. The number of aromatic nitrogens is 3. The van der Waals surface area contributed by atoms with Gasteiger partial charge >= 0.3 is 5.76 Å². The molecular weight excluding hydrogens is 474 g/mol. The van der Waals surface area contributed by atoms with E-state index in [1.807, 2.05) is 18.2 Å². The number of oxazole rings is 1. The van der Waals surface area contributed by atoms with Crippen LogP contribution < -0.4 is 15.8 Å². The van der Waals surface area contributed by atoms with E-state index in [4.69, 9.17) is 4.42 Å². The first-order valence-corrected chi connectivity index (χ1v) is 13.2. The largest absolute Gasteiger partial charge is 0.420 e. The first kappa shape index (κ1) is 21.3. The number of hydrogen-bond donors (Lipinski definition) is 2. The molecule has 2 aromatic heterocycles. The van der Waals surface area contributed by atoms with Gasteiger partial charge in [-0.25, -0.2) is 18.2 Å². The van der Waals surface area contributed by atoms with E-state index in [0.29, 0.717) is 24.1 Å². The summed E-state index contributed by atoms with van der Waals surface area (Å²) >= 11 is 0.936. The van der Waals surface area contributed by atoms with E-state index in [1.54, 1.807) is 10.6 Å². The summed E-state index contributed by atoms with van der Waals surface area (Å²) in [5.41, 5.74) is 4.21. The van der Waals surface area contributed by atoms with Crippen molar-refractivity contribution in [1.82, 2.24) is 19.2 Å². The van der Waals surface area contributed by atoms with Crippen molar-refractivity contribution in [1.29, 1.82) is 0 Å². The Labute approximate surface area is 199 Å². The molecule has 6 rings (SSSR count). The highest BCUT2D eigenvalue weighted by atomic mass is 32.2. The van der Waals surface area contributed by atoms with Gasteiger partial charge in [0.1, 0.15) is 6.33 Å². The topological polar surface area (TPSA) is 119 Å². The molecule has 11 heteroatoms. The second kappa shape index (κ2) is 8.19. The zero-order chi connectivity index (χ0) is 23.3. The second-order valence-corrected chi connectivity index (χ2v) is 11.0. The molecule has 2 aliphatic rings. The Kier molecular flexibility index (Phi) is 5.12. The number of benzene rings is 2. The van der Waals surface area contributed by atoms with Crippen LogP contribution in [0.1, 0.15) is 30.4 Å². The lowest BCUT2D eigenvalue weighted by molar-refractivity contribution is 0.517. The predicted octanol–water partition coefficient (Wildman–Crippen LogP) is 3.20. The van der Waals surface area contributed by atoms with Crippen LogP contribution in [0.4, 0.5) is 5.13 Å². The van der Waals surface area contributed by atoms with Gasteiger partial charge in [-0.3, -0.25) is 9.29 Å². The van der Waals surface area contributed by atoms with Crippen molar-refractivity contribution in [2.24, 2.45) is 0 Å². The number of fused-ring (bicyclic) bond motifs is 3. The Hall–Kier alpha value is -3.28. The van der Waals surface area contributed by atoms with Gasteiger partial charge in [0.05, 0.1) is 17.0 Å². The van der Waals surface area contributed by atoms with Crippen LogP contribution >= 0.6 is 11.5 Å². The van der Waals surface area contributed by atoms with E-state index >= 15 is 0 Å². The Morgan fingerprint density at radius 3 is 2.91 bits per heavy atom. The average Bonchev–Trinajstić information content (AvgIpc) is 3.53. The minimum Gasteiger partial charge on any atom is -0.408 e. The number of rotatable bonds is 6. The van der Waals surface area contributed by atoms with E-state index in [2.05, 4.69) is 31.5 Å². The van der Waals surface area contributed by atoms with Crippen LogP contribution in [-0.4, -0.2) is 34.4 Å². The quantitative estimate of drug-likeness (QED) is 0.422. The minimum absolute atomic E-state index is 0.0214. The highest BCUT2D eigenvalue weighted by Crippen LogP contribution is 2.34. The van der Waals surface area contributed by atoms with Crippen molar-refractivity contribution < 1.29 is 12.8 Å². The zero-order valence-corrected chi connectivity index (χ0v) is 19.6. The van der Waals surface area contributed by atoms with E-state index in [0.717, 1.165) is 35.5 Å². The number of anilines is 1. The first-order valence-electron chi connectivity index (χ1n) is 10.9. The fourth-order valence-electron chi connectivity index (χ4n) is 4.82. The maximum absolute atomic E-state index is 12.8. The lowest BCUT2D eigenvalue weighted by atomic mass is 9.92. The molecule has 2 N–H and O–H groups in total. The molecule has 174 valence electrons. The van der Waals surface area contributed by atoms with Crippen LogP contribution in [-0.2, 0) is 16.6 Å². The van der Waals surface area contributed by atoms with Gasteiger partial charge in [-0.2, -0.15) is 4.37 Å². The smallest absolute Gasteiger partial charge is 0.408 e. The number of sulfonamides is 1. The monoisotopic (exact) mass is 495 g/mol. The maximum atomic E-state index is 12.8. The SMILES string of the molecule is O=c1oc2cc(S(=O)(=O)Nc3ncns3)ccc2n1Cc1ccccc1C1=CC2CCC(C1)N2. The molecule has 0 saturated carbocycles. The molecule has 0 radical (unpaired) electrons. The normalized spacial score (nSPS) is 19.9. The molecule has 2 aromatic carbocycles. The van der Waals surface area contributed by atoms with Gasteiger partial charge in [0, 0.05) is 29.7 Å². The number of hydrogen-bond acceptors (Lipinski definition) is 8. The lowest BCUT2D eigenvalue weighted by Crippen LogP contribution is -2.32. The van der Waals surface area contributed by atoms with E-state index < -0.39 is 15.8 Å². The van der Waals surface area contributed by atoms with Crippen molar-refractivity contribution in [2.75, 3.05) is 4.72 Å². The summed E-state index contributed by atoms with van der Waals surface area (Å²) in [7, 11) is -3.89. The van der Waals surface area contributed by atoms with Gasteiger partial charge in [0.25, 0.3) is 10.0 Å². The molecule has 0 amide bonds. The standard InChI is InChI=1S/C23H21N5O4S2/c29-23-28(12-14-3-1-2-4-19(14)15-9-16-5-6-17(10-15)26-16)20-8-7-18(11-21(20)32-23)34(30,31)27-22-24-13-25-33-22/h1-4,7-9,11,13,16-17,26H,5-6,10,12H2,(H,24,25,27). The van der Waals surface area contributed by atoms with Gasteiger partial charge in [-0.05, 0) is 48.1 Å². The van der Waals surface area contributed by atoms with E-state index in [1.165, 1.54) is 30.5 Å². The van der Waals surface area contributed by atoms with Crippen LogP contribution in [0.25, 0.3) is 16.7 Å². The lowest BCUT2D eigenvalue weighted by Gasteiger charge is -2.23. The van der Waals surface area contributed by atoms with Gasteiger partial charge < -0.3 is 9.73 Å². The Bertz CT molecular complexity index is 1570. The second-order valence-electron chi connectivity index (χ2n) is 8.54. The third-order valence-electron chi connectivity index (χ3n) is 6.37. The molecular formula is C23H21N5O4S2. The third kappa shape index (κ3) is 3.85. The van der Waals surface area contributed by atoms with Crippen molar-refractivity contribution in [3.8, 4) is 0 Å². The van der Waals surface area contributed by atoms with Crippen LogP contribution in [0.3, 0.4) is 0 Å². The highest BCUT2D eigenvalue weighted by molar-refractivity contribution is 7.93. The molecule has 0 aliphatic carbocycles. The molecule has 34 heavy (non-hydrogen) atoms. The van der Waals surface area contributed by atoms with Crippen LogP contribution in [0.15, 0.2) is 69.0 Å². The highest BCUT2D eigenvalue weighted by Gasteiger charge is 2.29. The minimum atomic E-state index is -3.89. The molecule has 4 aromatic rings. The van der Waals surface area contributed by atoms with Gasteiger partial charge in [-0.15, -0.1) is 0 Å². The van der Waals surface area contributed by atoms with E-state index in [-0.39, 0.29) is 15.6 Å². The molecule has 1 fully saturated rings. The summed E-state index contributed by atoms with van der Waals surface area (Å²) in [5.74, 6) is -0.532. The molecule has 2 unspecified atom stereocenters. The van der Waals surface area contributed by atoms with E-state index in [9.17, 15) is 13.2 Å². The summed E-state index contributed by atoms with van der Waals surface area (Å²) in [6.07, 6.45) is 6.88. The van der Waals surface area contributed by atoms with Crippen LogP contribution in [0.5, 0.6) is 0 Å². The molecule has 2 aliphatic heterocycles. The fraction of sp³-hybridized carbons (Fsp3) is 0.261. The maximum Gasteiger partial charge on any atom is 0.420 e. The summed E-state index contributed by atoms with van der Waals surface area (Å²) in [5, 5.41) is 3.78. The zero-order valence-electron chi connectivity index (χ0n) is 18.0. The molecule has 1 saturated heterocycles. The molecule has 2 bridgehead atoms. The summed E-state index contributed by atoms with van der Waals surface area (Å²) in [6.45, 7) is 0.331. The van der Waals surface area contributed by atoms with Crippen molar-refractivity contribution in [3.05, 3.63) is 76.5 Å². The van der Waals surface area contributed by atoms with Gasteiger partial charge in [-0.1, -0.05) is 30.3 Å².